The number of aromatic nitrogens is 2. The molecule has 0 fully saturated rings. The minimum Gasteiger partial charge on any atom is -0.240 e. The highest BCUT2D eigenvalue weighted by molar-refractivity contribution is 8.00. The molecule has 0 saturated heterocycles. The minimum absolute atomic E-state index is 0.875. The first kappa shape index (κ1) is 13.5. The molecule has 0 aliphatic rings. The topological polar surface area (TPSA) is 25.8 Å². The number of nitrogens with zero attached hydrogens (tertiary/aromatic N) is 2. The molecule has 21 heavy (non-hydrogen) atoms. The lowest BCUT2D eigenvalue weighted by molar-refractivity contribution is 1.22. The van der Waals surface area contributed by atoms with Gasteiger partial charge in [0.25, 0.3) is 0 Å². The van der Waals surface area contributed by atoms with Crippen LogP contribution in [0.2, 0.25) is 0 Å². The maximum absolute atomic E-state index is 4.70. The molecule has 4 rings (SSSR count). The van der Waals surface area contributed by atoms with Crippen LogP contribution in [0.25, 0.3) is 20.8 Å². The Morgan fingerprint density at radius 3 is 2.86 bits per heavy atom. The zero-order valence-corrected chi connectivity index (χ0v) is 14.1. The summed E-state index contributed by atoms with van der Waals surface area (Å²) in [5, 5.41) is 7.49. The van der Waals surface area contributed by atoms with E-state index in [0.29, 0.717) is 0 Å². The Bertz CT molecular complexity index is 828. The standard InChI is InChI=1S/C15H10N2S4/c1-2-4-13-12(3-1)17-15(21-13)20-9-11-8-19-14(16-11)10-5-6-18-7-10/h1-8H,9H2. The molecule has 0 saturated carbocycles. The fourth-order valence-electron chi connectivity index (χ4n) is 1.94. The van der Waals surface area contributed by atoms with Gasteiger partial charge in [0.2, 0.25) is 0 Å². The summed E-state index contributed by atoms with van der Waals surface area (Å²) in [6, 6.07) is 10.4. The van der Waals surface area contributed by atoms with Crippen LogP contribution in [-0.2, 0) is 5.75 Å². The lowest BCUT2D eigenvalue weighted by Gasteiger charge is -1.93. The van der Waals surface area contributed by atoms with E-state index >= 15 is 0 Å². The molecule has 4 aromatic rings. The molecule has 0 spiro atoms. The van der Waals surface area contributed by atoms with E-state index < -0.39 is 0 Å². The average Bonchev–Trinajstić information content (AvgIpc) is 3.23. The first-order valence-corrected chi connectivity index (χ1v) is 9.96. The second-order valence-electron chi connectivity index (χ2n) is 4.39. The largest absolute Gasteiger partial charge is 0.240 e. The van der Waals surface area contributed by atoms with Gasteiger partial charge in [-0.25, -0.2) is 9.97 Å². The quantitative estimate of drug-likeness (QED) is 0.438. The number of hydrogen-bond donors (Lipinski definition) is 0. The van der Waals surface area contributed by atoms with Crippen LogP contribution in [0.1, 0.15) is 5.69 Å². The van der Waals surface area contributed by atoms with Gasteiger partial charge in [0.1, 0.15) is 5.01 Å². The Hall–Kier alpha value is -1.21. The van der Waals surface area contributed by atoms with Crippen molar-refractivity contribution in [2.24, 2.45) is 0 Å². The van der Waals surface area contributed by atoms with Gasteiger partial charge in [-0.05, 0) is 23.6 Å². The molecule has 6 heteroatoms. The normalized spacial score (nSPS) is 11.2. The number of thiazole rings is 2. The molecular formula is C15H10N2S4. The van der Waals surface area contributed by atoms with Crippen LogP contribution in [0.3, 0.4) is 0 Å². The third-order valence-corrected chi connectivity index (χ3v) is 6.77. The summed E-state index contributed by atoms with van der Waals surface area (Å²) in [7, 11) is 0. The molecule has 0 atom stereocenters. The summed E-state index contributed by atoms with van der Waals surface area (Å²) in [5.74, 6) is 0.875. The second-order valence-corrected chi connectivity index (χ2v) is 8.28. The SMILES string of the molecule is c1ccc2sc(SCc3csc(-c4ccsc4)n3)nc2c1. The van der Waals surface area contributed by atoms with Gasteiger partial charge in [0.05, 0.1) is 15.9 Å². The summed E-state index contributed by atoms with van der Waals surface area (Å²) in [4.78, 5) is 9.35. The Kier molecular flexibility index (Phi) is 3.77. The number of para-hydroxylation sites is 1. The molecule has 0 aliphatic heterocycles. The summed E-state index contributed by atoms with van der Waals surface area (Å²) < 4.78 is 2.36. The van der Waals surface area contributed by atoms with Gasteiger partial charge in [-0.2, -0.15) is 11.3 Å². The second kappa shape index (κ2) is 5.88. The van der Waals surface area contributed by atoms with Gasteiger partial charge < -0.3 is 0 Å². The van der Waals surface area contributed by atoms with E-state index in [1.807, 2.05) is 6.07 Å². The molecular weight excluding hydrogens is 336 g/mol. The van der Waals surface area contributed by atoms with Crippen molar-refractivity contribution in [2.45, 2.75) is 10.1 Å². The van der Waals surface area contributed by atoms with Crippen molar-refractivity contribution in [2.75, 3.05) is 0 Å². The van der Waals surface area contributed by atoms with Gasteiger partial charge in [-0.1, -0.05) is 23.9 Å². The molecule has 0 N–H and O–H groups in total. The summed E-state index contributed by atoms with van der Waals surface area (Å²) >= 11 is 6.94. The highest BCUT2D eigenvalue weighted by atomic mass is 32.2. The van der Waals surface area contributed by atoms with Gasteiger partial charge in [-0.3, -0.25) is 0 Å². The fourth-order valence-corrected chi connectivity index (χ4v) is 5.54. The van der Waals surface area contributed by atoms with Crippen LogP contribution in [0.5, 0.6) is 0 Å². The maximum atomic E-state index is 4.70. The fraction of sp³-hybridized carbons (Fsp3) is 0.0667. The van der Waals surface area contributed by atoms with Crippen LogP contribution in [0.15, 0.2) is 50.8 Å². The van der Waals surface area contributed by atoms with Crippen molar-refractivity contribution < 1.29 is 0 Å². The van der Waals surface area contributed by atoms with Crippen LogP contribution in [0, 0.1) is 0 Å². The minimum atomic E-state index is 0.875. The first-order valence-electron chi connectivity index (χ1n) is 6.34. The smallest absolute Gasteiger partial charge is 0.151 e. The first-order chi connectivity index (χ1) is 10.4. The van der Waals surface area contributed by atoms with Crippen LogP contribution in [0.4, 0.5) is 0 Å². The number of benzene rings is 1. The van der Waals surface area contributed by atoms with Crippen molar-refractivity contribution >= 4 is 56.0 Å². The summed E-state index contributed by atoms with van der Waals surface area (Å²) in [6.45, 7) is 0. The van der Waals surface area contributed by atoms with E-state index in [9.17, 15) is 0 Å². The molecule has 104 valence electrons. The number of thiophene rings is 1. The van der Waals surface area contributed by atoms with E-state index in [2.05, 4.69) is 45.4 Å². The molecule has 0 unspecified atom stereocenters. The number of hydrogen-bond acceptors (Lipinski definition) is 6. The predicted molar refractivity (Wildman–Crippen MR) is 94.6 cm³/mol. The molecule has 0 aliphatic carbocycles. The zero-order valence-electron chi connectivity index (χ0n) is 10.9. The van der Waals surface area contributed by atoms with Crippen molar-refractivity contribution in [1.29, 1.82) is 0 Å². The van der Waals surface area contributed by atoms with Crippen molar-refractivity contribution in [3.63, 3.8) is 0 Å². The van der Waals surface area contributed by atoms with Gasteiger partial charge in [0, 0.05) is 22.1 Å². The van der Waals surface area contributed by atoms with Crippen LogP contribution < -0.4 is 0 Å². The number of thioether (sulfide) groups is 1. The van der Waals surface area contributed by atoms with Gasteiger partial charge >= 0.3 is 0 Å². The Labute approximate surface area is 138 Å². The highest BCUT2D eigenvalue weighted by Gasteiger charge is 2.08. The third-order valence-electron chi connectivity index (χ3n) is 2.94. The third kappa shape index (κ3) is 2.89. The van der Waals surface area contributed by atoms with Crippen LogP contribution in [-0.4, -0.2) is 9.97 Å². The highest BCUT2D eigenvalue weighted by Crippen LogP contribution is 2.33. The van der Waals surface area contributed by atoms with Crippen molar-refractivity contribution in [1.82, 2.24) is 9.97 Å². The zero-order chi connectivity index (χ0) is 14.1. The molecule has 3 heterocycles. The number of fused-ring (bicyclic) bond motifs is 1. The monoisotopic (exact) mass is 346 g/mol. The Morgan fingerprint density at radius 2 is 2.00 bits per heavy atom. The molecule has 1 aromatic carbocycles. The molecule has 0 radical (unpaired) electrons. The van der Waals surface area contributed by atoms with E-state index in [4.69, 9.17) is 4.98 Å². The van der Waals surface area contributed by atoms with E-state index in [1.54, 1.807) is 45.8 Å². The summed E-state index contributed by atoms with van der Waals surface area (Å²) in [6.07, 6.45) is 0. The molecule has 0 amide bonds. The molecule has 3 aromatic heterocycles. The van der Waals surface area contributed by atoms with Gasteiger partial charge in [0.15, 0.2) is 4.34 Å². The number of rotatable bonds is 4. The summed E-state index contributed by atoms with van der Waals surface area (Å²) in [5.41, 5.74) is 3.44. The van der Waals surface area contributed by atoms with Gasteiger partial charge in [-0.15, -0.1) is 22.7 Å². The maximum Gasteiger partial charge on any atom is 0.151 e. The van der Waals surface area contributed by atoms with Crippen LogP contribution >= 0.6 is 45.8 Å². The lowest BCUT2D eigenvalue weighted by Crippen LogP contribution is -1.80. The predicted octanol–water partition coefficient (Wildman–Crippen LogP) is 5.77. The Morgan fingerprint density at radius 1 is 1.05 bits per heavy atom. The van der Waals surface area contributed by atoms with Crippen molar-refractivity contribution in [3.8, 4) is 10.6 Å². The molecule has 2 nitrogen and oxygen atoms in total. The average molecular weight is 347 g/mol. The lowest BCUT2D eigenvalue weighted by atomic mass is 10.3. The molecule has 0 bridgehead atoms. The van der Waals surface area contributed by atoms with E-state index in [0.717, 1.165) is 26.3 Å². The van der Waals surface area contributed by atoms with E-state index in [1.165, 1.54) is 10.3 Å². The van der Waals surface area contributed by atoms with E-state index in [-0.39, 0.29) is 0 Å². The van der Waals surface area contributed by atoms with Crippen molar-refractivity contribution in [3.05, 3.63) is 52.2 Å². The Balaban J connectivity index is 1.49.